The lowest BCUT2D eigenvalue weighted by Gasteiger charge is -2.22. The number of nitrogens with zero attached hydrogens (tertiary/aromatic N) is 1. The molecule has 5 nitrogen and oxygen atoms in total. The van der Waals surface area contributed by atoms with Gasteiger partial charge in [-0.15, -0.1) is 0 Å². The van der Waals surface area contributed by atoms with Crippen LogP contribution in [-0.4, -0.2) is 28.7 Å². The first kappa shape index (κ1) is 16.7. The van der Waals surface area contributed by atoms with Crippen molar-refractivity contribution >= 4 is 35.0 Å². The third-order valence-corrected chi connectivity index (χ3v) is 4.99. The van der Waals surface area contributed by atoms with Gasteiger partial charge in [-0.2, -0.15) is 0 Å². The minimum Gasteiger partial charge on any atom is -0.324 e. The summed E-state index contributed by atoms with van der Waals surface area (Å²) in [6.45, 7) is 3.42. The highest BCUT2D eigenvalue weighted by Gasteiger charge is 2.50. The molecule has 0 bridgehead atoms. The van der Waals surface area contributed by atoms with Crippen LogP contribution in [0.3, 0.4) is 0 Å². The molecule has 0 unspecified atom stereocenters. The summed E-state index contributed by atoms with van der Waals surface area (Å²) in [7, 11) is 0. The van der Waals surface area contributed by atoms with Gasteiger partial charge in [0.1, 0.15) is 6.04 Å². The van der Waals surface area contributed by atoms with E-state index in [-0.39, 0.29) is 29.6 Å². The molecule has 0 radical (unpaired) electrons. The van der Waals surface area contributed by atoms with Gasteiger partial charge < -0.3 is 5.32 Å². The maximum Gasteiger partial charge on any atom is 0.247 e. The van der Waals surface area contributed by atoms with Gasteiger partial charge >= 0.3 is 0 Å². The number of imide groups is 1. The monoisotopic (exact) mass is 346 g/mol. The Bertz CT molecular complexity index is 718. The number of likely N-dealkylation sites (tertiary alicyclic amines) is 1. The van der Waals surface area contributed by atoms with Crippen LogP contribution < -0.4 is 5.32 Å². The van der Waals surface area contributed by atoms with E-state index >= 15 is 0 Å². The van der Waals surface area contributed by atoms with Gasteiger partial charge in [-0.25, -0.2) is 0 Å². The molecule has 3 atom stereocenters. The molecule has 0 spiro atoms. The molecule has 24 heavy (non-hydrogen) atoms. The molecule has 1 aromatic carbocycles. The summed E-state index contributed by atoms with van der Waals surface area (Å²) in [6, 6.07) is 4.29. The Hall–Kier alpha value is -2.14. The summed E-state index contributed by atoms with van der Waals surface area (Å²) < 4.78 is 0. The molecule has 1 saturated heterocycles. The summed E-state index contributed by atoms with van der Waals surface area (Å²) in [5.41, 5.74) is 1.44. The predicted molar refractivity (Wildman–Crippen MR) is 91.5 cm³/mol. The van der Waals surface area contributed by atoms with E-state index < -0.39 is 6.04 Å². The second-order valence-electron chi connectivity index (χ2n) is 6.33. The Morgan fingerprint density at radius 3 is 2.33 bits per heavy atom. The Labute approximate surface area is 145 Å². The summed E-state index contributed by atoms with van der Waals surface area (Å²) >= 11 is 5.91. The van der Waals surface area contributed by atoms with Crippen LogP contribution in [0.4, 0.5) is 5.69 Å². The number of allylic oxidation sites excluding steroid dienone is 2. The fourth-order valence-corrected chi connectivity index (χ4v) is 3.56. The molecule has 1 heterocycles. The number of benzene rings is 1. The molecule has 0 saturated carbocycles. The summed E-state index contributed by atoms with van der Waals surface area (Å²) in [4.78, 5) is 38.7. The number of rotatable bonds is 3. The van der Waals surface area contributed by atoms with Crippen LogP contribution >= 0.6 is 11.6 Å². The van der Waals surface area contributed by atoms with Crippen molar-refractivity contribution in [2.75, 3.05) is 5.32 Å². The third-order valence-electron chi connectivity index (χ3n) is 4.75. The van der Waals surface area contributed by atoms with Crippen molar-refractivity contribution < 1.29 is 14.4 Å². The fraction of sp³-hybridized carbons (Fsp3) is 0.389. The van der Waals surface area contributed by atoms with E-state index in [4.69, 9.17) is 11.6 Å². The molecule has 2 aliphatic rings. The molecular weight excluding hydrogens is 328 g/mol. The number of aryl methyl sites for hydroxylation is 1. The first-order valence-corrected chi connectivity index (χ1v) is 8.37. The molecule has 3 rings (SSSR count). The van der Waals surface area contributed by atoms with Crippen molar-refractivity contribution in [1.29, 1.82) is 0 Å². The third kappa shape index (κ3) is 2.84. The van der Waals surface area contributed by atoms with E-state index in [9.17, 15) is 14.4 Å². The SMILES string of the molecule is Cc1cc(Cl)ccc1NC(=O)[C@H](C)N1C(=O)[C@H]2CC=CC[C@@H]2C1=O. The minimum atomic E-state index is -0.842. The van der Waals surface area contributed by atoms with Crippen molar-refractivity contribution in [3.63, 3.8) is 0 Å². The molecule has 1 aromatic rings. The zero-order valence-corrected chi connectivity index (χ0v) is 14.3. The molecule has 6 heteroatoms. The second-order valence-corrected chi connectivity index (χ2v) is 6.76. The predicted octanol–water partition coefficient (Wildman–Crippen LogP) is 2.93. The maximum atomic E-state index is 12.5. The summed E-state index contributed by atoms with van der Waals surface area (Å²) in [6.07, 6.45) is 4.99. The maximum absolute atomic E-state index is 12.5. The van der Waals surface area contributed by atoms with E-state index in [2.05, 4.69) is 5.32 Å². The van der Waals surface area contributed by atoms with Gasteiger partial charge in [0.25, 0.3) is 0 Å². The van der Waals surface area contributed by atoms with Gasteiger partial charge in [-0.1, -0.05) is 23.8 Å². The molecule has 126 valence electrons. The van der Waals surface area contributed by atoms with Gasteiger partial charge in [0.2, 0.25) is 17.7 Å². The van der Waals surface area contributed by atoms with E-state index in [0.717, 1.165) is 10.5 Å². The molecular formula is C18H19ClN2O3. The first-order valence-electron chi connectivity index (χ1n) is 7.99. The van der Waals surface area contributed by atoms with Crippen LogP contribution in [0.25, 0.3) is 0 Å². The van der Waals surface area contributed by atoms with Crippen LogP contribution in [0.15, 0.2) is 30.4 Å². The van der Waals surface area contributed by atoms with Crippen LogP contribution in [0.1, 0.15) is 25.3 Å². The highest BCUT2D eigenvalue weighted by Crippen LogP contribution is 2.36. The Balaban J connectivity index is 1.76. The average molecular weight is 347 g/mol. The lowest BCUT2D eigenvalue weighted by atomic mass is 9.85. The Morgan fingerprint density at radius 1 is 1.21 bits per heavy atom. The summed E-state index contributed by atoms with van der Waals surface area (Å²) in [5.74, 6) is -1.52. The molecule has 1 fully saturated rings. The number of hydrogen-bond acceptors (Lipinski definition) is 3. The van der Waals surface area contributed by atoms with Crippen molar-refractivity contribution in [2.45, 2.75) is 32.7 Å². The number of anilines is 1. The number of fused-ring (bicyclic) bond motifs is 1. The largest absolute Gasteiger partial charge is 0.324 e. The first-order chi connectivity index (χ1) is 11.4. The van der Waals surface area contributed by atoms with E-state index in [1.807, 2.05) is 19.1 Å². The molecule has 1 aliphatic carbocycles. The molecule has 0 aromatic heterocycles. The zero-order valence-electron chi connectivity index (χ0n) is 13.6. The highest BCUT2D eigenvalue weighted by atomic mass is 35.5. The van der Waals surface area contributed by atoms with Gasteiger partial charge in [-0.05, 0) is 50.5 Å². The van der Waals surface area contributed by atoms with Crippen LogP contribution in [-0.2, 0) is 14.4 Å². The normalized spacial score (nSPS) is 24.0. The number of amides is 3. The Kier molecular flexibility index (Phi) is 4.45. The van der Waals surface area contributed by atoms with E-state index in [0.29, 0.717) is 23.6 Å². The van der Waals surface area contributed by atoms with Gasteiger partial charge in [0.15, 0.2) is 0 Å². The second kappa shape index (κ2) is 6.40. The van der Waals surface area contributed by atoms with E-state index in [1.165, 1.54) is 0 Å². The zero-order chi connectivity index (χ0) is 17.4. The van der Waals surface area contributed by atoms with Crippen LogP contribution in [0.2, 0.25) is 5.02 Å². The van der Waals surface area contributed by atoms with Gasteiger partial charge in [-0.3, -0.25) is 19.3 Å². The van der Waals surface area contributed by atoms with Crippen LogP contribution in [0, 0.1) is 18.8 Å². The number of carbonyl (C=O) groups excluding carboxylic acids is 3. The quantitative estimate of drug-likeness (QED) is 0.676. The highest BCUT2D eigenvalue weighted by molar-refractivity contribution is 6.30. The van der Waals surface area contributed by atoms with Gasteiger partial charge in [0, 0.05) is 10.7 Å². The van der Waals surface area contributed by atoms with Crippen molar-refractivity contribution in [2.24, 2.45) is 11.8 Å². The van der Waals surface area contributed by atoms with Crippen LogP contribution in [0.5, 0.6) is 0 Å². The number of halogens is 1. The molecule has 3 amide bonds. The van der Waals surface area contributed by atoms with E-state index in [1.54, 1.807) is 25.1 Å². The summed E-state index contributed by atoms with van der Waals surface area (Å²) in [5, 5.41) is 3.36. The van der Waals surface area contributed by atoms with Crippen molar-refractivity contribution in [1.82, 2.24) is 4.90 Å². The van der Waals surface area contributed by atoms with Crippen molar-refractivity contribution in [3.8, 4) is 0 Å². The fourth-order valence-electron chi connectivity index (χ4n) is 3.33. The number of carbonyl (C=O) groups is 3. The lowest BCUT2D eigenvalue weighted by molar-refractivity contribution is -0.146. The minimum absolute atomic E-state index is 0.246. The number of hydrogen-bond donors (Lipinski definition) is 1. The number of nitrogens with one attached hydrogen (secondary N) is 1. The standard InChI is InChI=1S/C18H19ClN2O3/c1-10-9-12(19)7-8-15(10)20-16(22)11(2)21-17(23)13-5-3-4-6-14(13)18(21)24/h3-4,7-9,11,13-14H,5-6H2,1-2H3,(H,20,22)/t11-,13-,14-/m0/s1. The smallest absolute Gasteiger partial charge is 0.247 e. The molecule has 1 aliphatic heterocycles. The van der Waals surface area contributed by atoms with Crippen molar-refractivity contribution in [3.05, 3.63) is 40.9 Å². The topological polar surface area (TPSA) is 66.5 Å². The molecule has 1 N–H and O–H groups in total. The average Bonchev–Trinajstić information content (AvgIpc) is 2.81. The lowest BCUT2D eigenvalue weighted by Crippen LogP contribution is -2.46. The van der Waals surface area contributed by atoms with Gasteiger partial charge in [0.05, 0.1) is 11.8 Å². The Morgan fingerprint density at radius 2 is 1.79 bits per heavy atom.